The predicted molar refractivity (Wildman–Crippen MR) is 68.2 cm³/mol. The van der Waals surface area contributed by atoms with E-state index in [1.54, 1.807) is 12.4 Å². The van der Waals surface area contributed by atoms with Crippen molar-refractivity contribution < 1.29 is 9.90 Å². The highest BCUT2D eigenvalue weighted by Gasteiger charge is 2.32. The molecule has 100 valence electrons. The van der Waals surface area contributed by atoms with Gasteiger partial charge in [0, 0.05) is 18.9 Å². The summed E-state index contributed by atoms with van der Waals surface area (Å²) >= 11 is 0. The van der Waals surface area contributed by atoms with Crippen LogP contribution in [0.5, 0.6) is 0 Å². The van der Waals surface area contributed by atoms with E-state index in [9.17, 15) is 9.90 Å². The highest BCUT2D eigenvalue weighted by atomic mass is 16.3. The van der Waals surface area contributed by atoms with Gasteiger partial charge in [0.05, 0.1) is 5.60 Å². The molecule has 5 nitrogen and oxygen atoms in total. The molecule has 0 unspecified atom stereocenters. The fraction of sp³-hybridized carbons (Fsp3) is 0.692. The summed E-state index contributed by atoms with van der Waals surface area (Å²) in [5.74, 6) is 0.731. The molecule has 0 aromatic carbocycles. The summed E-state index contributed by atoms with van der Waals surface area (Å²) in [5.41, 5.74) is -0.734. The molecule has 18 heavy (non-hydrogen) atoms. The second kappa shape index (κ2) is 5.52. The van der Waals surface area contributed by atoms with Gasteiger partial charge in [-0.2, -0.15) is 0 Å². The van der Waals surface area contributed by atoms with Crippen molar-refractivity contribution in [1.29, 1.82) is 0 Å². The van der Waals surface area contributed by atoms with E-state index < -0.39 is 5.60 Å². The third kappa shape index (κ3) is 3.10. The lowest BCUT2D eigenvalue weighted by Crippen LogP contribution is -2.46. The molecule has 0 spiro atoms. The molecule has 1 aromatic rings. The average molecular weight is 251 g/mol. The summed E-state index contributed by atoms with van der Waals surface area (Å²) in [6, 6.07) is -0.237. The van der Waals surface area contributed by atoms with Gasteiger partial charge in [-0.1, -0.05) is 13.3 Å². The standard InChI is InChI=1S/C13H21N3O2/c1-2-11-3-5-13(18,6-4-11)9-15-12(17)16-8-7-14-10-16/h7-8,10-11,18H,2-6,9H2,1H3,(H,15,17). The number of hydrogen-bond acceptors (Lipinski definition) is 3. The Morgan fingerprint density at radius 2 is 2.28 bits per heavy atom. The maximum absolute atomic E-state index is 11.7. The minimum atomic E-state index is -0.734. The monoisotopic (exact) mass is 251 g/mol. The van der Waals surface area contributed by atoms with Gasteiger partial charge in [-0.05, 0) is 31.6 Å². The number of carbonyl (C=O) groups excluding carboxylic acids is 1. The van der Waals surface area contributed by atoms with E-state index in [0.717, 1.165) is 31.6 Å². The molecule has 0 aliphatic heterocycles. The molecule has 1 aliphatic carbocycles. The van der Waals surface area contributed by atoms with Crippen LogP contribution in [-0.4, -0.2) is 32.8 Å². The first kappa shape index (κ1) is 13.1. The van der Waals surface area contributed by atoms with E-state index in [2.05, 4.69) is 17.2 Å². The topological polar surface area (TPSA) is 67.2 Å². The number of hydrogen-bond donors (Lipinski definition) is 2. The van der Waals surface area contributed by atoms with Crippen LogP contribution < -0.4 is 5.32 Å². The highest BCUT2D eigenvalue weighted by molar-refractivity contribution is 5.76. The highest BCUT2D eigenvalue weighted by Crippen LogP contribution is 2.33. The Morgan fingerprint density at radius 3 is 2.83 bits per heavy atom. The number of aromatic nitrogens is 2. The van der Waals surface area contributed by atoms with Crippen molar-refractivity contribution in [3.8, 4) is 0 Å². The molecule has 1 saturated carbocycles. The maximum Gasteiger partial charge on any atom is 0.326 e. The van der Waals surface area contributed by atoms with Crippen LogP contribution in [0, 0.1) is 5.92 Å². The van der Waals surface area contributed by atoms with Crippen molar-refractivity contribution in [3.05, 3.63) is 18.7 Å². The van der Waals surface area contributed by atoms with Crippen LogP contribution in [0.4, 0.5) is 4.79 Å². The maximum atomic E-state index is 11.7. The first-order chi connectivity index (χ1) is 8.63. The molecule has 1 heterocycles. The molecule has 5 heteroatoms. The molecule has 1 amide bonds. The third-order valence-electron chi connectivity index (χ3n) is 3.92. The Hall–Kier alpha value is -1.36. The van der Waals surface area contributed by atoms with Crippen LogP contribution in [0.2, 0.25) is 0 Å². The molecule has 0 radical (unpaired) electrons. The van der Waals surface area contributed by atoms with Crippen molar-refractivity contribution >= 4 is 6.03 Å². The van der Waals surface area contributed by atoms with Crippen LogP contribution in [0.3, 0.4) is 0 Å². The first-order valence-corrected chi connectivity index (χ1v) is 6.61. The van der Waals surface area contributed by atoms with E-state index in [4.69, 9.17) is 0 Å². The summed E-state index contributed by atoms with van der Waals surface area (Å²) in [6.07, 6.45) is 9.42. The number of rotatable bonds is 3. The smallest absolute Gasteiger partial charge is 0.326 e. The molecule has 0 saturated heterocycles. The van der Waals surface area contributed by atoms with E-state index >= 15 is 0 Å². The SMILES string of the molecule is CCC1CCC(O)(CNC(=O)n2ccnc2)CC1. The largest absolute Gasteiger partial charge is 0.388 e. The Kier molecular flexibility index (Phi) is 4.01. The zero-order chi connectivity index (χ0) is 13.0. The van der Waals surface area contributed by atoms with Crippen molar-refractivity contribution in [3.63, 3.8) is 0 Å². The lowest BCUT2D eigenvalue weighted by Gasteiger charge is -2.35. The summed E-state index contributed by atoms with van der Waals surface area (Å²) in [4.78, 5) is 15.5. The van der Waals surface area contributed by atoms with Crippen LogP contribution in [0.25, 0.3) is 0 Å². The third-order valence-corrected chi connectivity index (χ3v) is 3.92. The van der Waals surface area contributed by atoms with Gasteiger partial charge in [0.25, 0.3) is 0 Å². The Morgan fingerprint density at radius 1 is 1.56 bits per heavy atom. The van der Waals surface area contributed by atoms with Gasteiger partial charge in [0.15, 0.2) is 0 Å². The van der Waals surface area contributed by atoms with Gasteiger partial charge in [0.1, 0.15) is 6.33 Å². The molecule has 2 N–H and O–H groups in total. The van der Waals surface area contributed by atoms with E-state index in [0.29, 0.717) is 6.54 Å². The van der Waals surface area contributed by atoms with E-state index in [1.165, 1.54) is 17.3 Å². The van der Waals surface area contributed by atoms with Gasteiger partial charge in [-0.25, -0.2) is 9.78 Å². The van der Waals surface area contributed by atoms with Gasteiger partial charge < -0.3 is 10.4 Å². The van der Waals surface area contributed by atoms with Gasteiger partial charge >= 0.3 is 6.03 Å². The molecule has 1 fully saturated rings. The molecule has 0 bridgehead atoms. The summed E-state index contributed by atoms with van der Waals surface area (Å²) in [6.45, 7) is 2.51. The molecular weight excluding hydrogens is 230 g/mol. The molecule has 1 aliphatic rings. The molecule has 0 atom stereocenters. The Labute approximate surface area is 107 Å². The lowest BCUT2D eigenvalue weighted by atomic mass is 9.78. The second-order valence-electron chi connectivity index (χ2n) is 5.20. The lowest BCUT2D eigenvalue weighted by molar-refractivity contribution is -0.00639. The average Bonchev–Trinajstić information content (AvgIpc) is 2.91. The Balaban J connectivity index is 1.81. The number of nitrogens with zero attached hydrogens (tertiary/aromatic N) is 2. The van der Waals surface area contributed by atoms with Gasteiger partial charge in [0.2, 0.25) is 0 Å². The van der Waals surface area contributed by atoms with Crippen LogP contribution in [0.15, 0.2) is 18.7 Å². The van der Waals surface area contributed by atoms with E-state index in [-0.39, 0.29) is 6.03 Å². The van der Waals surface area contributed by atoms with Gasteiger partial charge in [-0.3, -0.25) is 4.57 Å². The fourth-order valence-electron chi connectivity index (χ4n) is 2.51. The van der Waals surface area contributed by atoms with Crippen molar-refractivity contribution in [1.82, 2.24) is 14.9 Å². The van der Waals surface area contributed by atoms with Crippen molar-refractivity contribution in [2.75, 3.05) is 6.54 Å². The summed E-state index contributed by atoms with van der Waals surface area (Å²) < 4.78 is 1.38. The van der Waals surface area contributed by atoms with Crippen molar-refractivity contribution in [2.45, 2.75) is 44.6 Å². The summed E-state index contributed by atoms with van der Waals surface area (Å²) in [7, 11) is 0. The number of amides is 1. The molecular formula is C13H21N3O2. The zero-order valence-corrected chi connectivity index (χ0v) is 10.8. The number of carbonyl (C=O) groups is 1. The molecule has 2 rings (SSSR count). The number of imidazole rings is 1. The zero-order valence-electron chi connectivity index (χ0n) is 10.8. The van der Waals surface area contributed by atoms with Crippen LogP contribution in [-0.2, 0) is 0 Å². The molecule has 1 aromatic heterocycles. The summed E-state index contributed by atoms with van der Waals surface area (Å²) in [5, 5.41) is 13.2. The van der Waals surface area contributed by atoms with Gasteiger partial charge in [-0.15, -0.1) is 0 Å². The van der Waals surface area contributed by atoms with Crippen LogP contribution in [0.1, 0.15) is 39.0 Å². The second-order valence-corrected chi connectivity index (χ2v) is 5.20. The fourth-order valence-corrected chi connectivity index (χ4v) is 2.51. The van der Waals surface area contributed by atoms with Crippen molar-refractivity contribution in [2.24, 2.45) is 5.92 Å². The normalized spacial score (nSPS) is 28.0. The van der Waals surface area contributed by atoms with Crippen LogP contribution >= 0.6 is 0 Å². The number of nitrogens with one attached hydrogen (secondary N) is 1. The minimum absolute atomic E-state index is 0.237. The number of aliphatic hydroxyl groups is 1. The Bertz CT molecular complexity index is 381. The quantitative estimate of drug-likeness (QED) is 0.860. The first-order valence-electron chi connectivity index (χ1n) is 6.61. The predicted octanol–water partition coefficient (Wildman–Crippen LogP) is 1.77. The van der Waals surface area contributed by atoms with E-state index in [1.807, 2.05) is 0 Å². The minimum Gasteiger partial charge on any atom is -0.388 e.